The molecule has 2 aliphatic rings. The van der Waals surface area contributed by atoms with Gasteiger partial charge < -0.3 is 19.1 Å². The monoisotopic (exact) mass is 355 g/mol. The zero-order valence-electron chi connectivity index (χ0n) is 15.4. The number of pyridine rings is 1. The number of hydrogen-bond donors (Lipinski definition) is 0. The molecule has 4 heterocycles. The first-order valence-electron chi connectivity index (χ1n) is 9.23. The van der Waals surface area contributed by atoms with Crippen molar-refractivity contribution in [3.63, 3.8) is 0 Å². The lowest BCUT2D eigenvalue weighted by atomic mass is 10.2. The van der Waals surface area contributed by atoms with Crippen LogP contribution in [-0.2, 0) is 11.8 Å². The van der Waals surface area contributed by atoms with Gasteiger partial charge in [-0.3, -0.25) is 4.79 Å². The minimum atomic E-state index is -0.189. The molecule has 2 fully saturated rings. The number of anilines is 1. The summed E-state index contributed by atoms with van der Waals surface area (Å²) < 4.78 is 7.86. The van der Waals surface area contributed by atoms with Crippen molar-refractivity contribution in [2.75, 3.05) is 37.7 Å². The highest BCUT2D eigenvalue weighted by molar-refractivity contribution is 5.95. The summed E-state index contributed by atoms with van der Waals surface area (Å²) in [5, 5.41) is 0. The van der Waals surface area contributed by atoms with Crippen LogP contribution < -0.4 is 4.90 Å². The van der Waals surface area contributed by atoms with Crippen LogP contribution >= 0.6 is 0 Å². The molecule has 0 aliphatic carbocycles. The lowest BCUT2D eigenvalue weighted by Crippen LogP contribution is -2.43. The number of amides is 1. The van der Waals surface area contributed by atoms with Gasteiger partial charge in [-0.2, -0.15) is 0 Å². The van der Waals surface area contributed by atoms with Crippen LogP contribution in [0.1, 0.15) is 40.8 Å². The molecule has 0 spiro atoms. The van der Waals surface area contributed by atoms with Crippen LogP contribution in [-0.4, -0.2) is 58.1 Å². The summed E-state index contributed by atoms with van der Waals surface area (Å²) in [5.74, 6) is 1.80. The molecule has 2 saturated heterocycles. The third-order valence-electron chi connectivity index (χ3n) is 5.10. The maximum atomic E-state index is 13.0. The van der Waals surface area contributed by atoms with Gasteiger partial charge in [-0.05, 0) is 31.9 Å². The lowest BCUT2D eigenvalue weighted by molar-refractivity contribution is -0.0279. The van der Waals surface area contributed by atoms with E-state index in [4.69, 9.17) is 4.74 Å². The number of ether oxygens (including phenoxy) is 1. The van der Waals surface area contributed by atoms with Crippen molar-refractivity contribution in [3.8, 4) is 0 Å². The Morgan fingerprint density at radius 3 is 2.81 bits per heavy atom. The van der Waals surface area contributed by atoms with Gasteiger partial charge in [0.15, 0.2) is 0 Å². The first-order chi connectivity index (χ1) is 12.6. The zero-order valence-corrected chi connectivity index (χ0v) is 15.4. The Hall–Kier alpha value is -2.41. The summed E-state index contributed by atoms with van der Waals surface area (Å²) in [5.41, 5.74) is 1.65. The maximum Gasteiger partial charge on any atom is 0.254 e. The highest BCUT2D eigenvalue weighted by Gasteiger charge is 2.29. The van der Waals surface area contributed by atoms with E-state index in [0.717, 1.165) is 30.4 Å². The smallest absolute Gasteiger partial charge is 0.254 e. The number of hydrogen-bond acceptors (Lipinski definition) is 5. The Morgan fingerprint density at radius 2 is 2.08 bits per heavy atom. The Labute approximate surface area is 153 Å². The number of rotatable bonds is 3. The first-order valence-corrected chi connectivity index (χ1v) is 9.23. The fourth-order valence-electron chi connectivity index (χ4n) is 3.78. The molecule has 4 rings (SSSR count). The molecule has 7 heteroatoms. The summed E-state index contributed by atoms with van der Waals surface area (Å²) in [4.78, 5) is 26.1. The van der Waals surface area contributed by atoms with E-state index in [1.54, 1.807) is 12.3 Å². The molecule has 0 saturated carbocycles. The van der Waals surface area contributed by atoms with Gasteiger partial charge in [-0.15, -0.1) is 0 Å². The number of morpholine rings is 1. The van der Waals surface area contributed by atoms with Crippen molar-refractivity contribution in [2.24, 2.45) is 7.05 Å². The Kier molecular flexibility index (Phi) is 4.63. The van der Waals surface area contributed by atoms with Crippen LogP contribution in [0.3, 0.4) is 0 Å². The van der Waals surface area contributed by atoms with E-state index in [1.165, 1.54) is 12.8 Å². The zero-order chi connectivity index (χ0) is 18.1. The number of aromatic nitrogens is 3. The van der Waals surface area contributed by atoms with Gasteiger partial charge in [0.2, 0.25) is 0 Å². The van der Waals surface area contributed by atoms with Gasteiger partial charge >= 0.3 is 0 Å². The van der Waals surface area contributed by atoms with Gasteiger partial charge in [0.05, 0.1) is 18.8 Å². The van der Waals surface area contributed by atoms with E-state index in [-0.39, 0.29) is 12.0 Å². The first kappa shape index (κ1) is 17.0. The summed E-state index contributed by atoms with van der Waals surface area (Å²) in [7, 11) is 1.96. The molecule has 0 bridgehead atoms. The van der Waals surface area contributed by atoms with Gasteiger partial charge in [0.25, 0.3) is 5.91 Å². The van der Waals surface area contributed by atoms with Crippen molar-refractivity contribution < 1.29 is 9.53 Å². The normalized spacial score (nSPS) is 20.6. The second-order valence-corrected chi connectivity index (χ2v) is 7.06. The van der Waals surface area contributed by atoms with Gasteiger partial charge in [-0.1, -0.05) is 0 Å². The van der Waals surface area contributed by atoms with Crippen LogP contribution in [0.25, 0.3) is 0 Å². The van der Waals surface area contributed by atoms with E-state index in [1.807, 2.05) is 35.7 Å². The number of imidazole rings is 1. The van der Waals surface area contributed by atoms with Gasteiger partial charge in [-0.25, -0.2) is 9.97 Å². The molecule has 26 heavy (non-hydrogen) atoms. The Morgan fingerprint density at radius 1 is 1.27 bits per heavy atom. The average Bonchev–Trinajstić information content (AvgIpc) is 3.31. The van der Waals surface area contributed by atoms with Crippen LogP contribution in [0.15, 0.2) is 24.5 Å². The van der Waals surface area contributed by atoms with Crippen LogP contribution in [0.2, 0.25) is 0 Å². The Bertz CT molecular complexity index is 797. The van der Waals surface area contributed by atoms with E-state index in [9.17, 15) is 4.79 Å². The van der Waals surface area contributed by atoms with Crippen molar-refractivity contribution in [1.82, 2.24) is 19.4 Å². The van der Waals surface area contributed by atoms with E-state index in [0.29, 0.717) is 25.3 Å². The van der Waals surface area contributed by atoms with Crippen molar-refractivity contribution in [3.05, 3.63) is 41.6 Å². The number of carbonyl (C=O) groups is 1. The number of carbonyl (C=O) groups excluding carboxylic acids is 1. The molecule has 7 nitrogen and oxygen atoms in total. The molecule has 0 N–H and O–H groups in total. The van der Waals surface area contributed by atoms with E-state index in [2.05, 4.69) is 14.9 Å². The molecule has 2 aromatic heterocycles. The SMILES string of the molecule is Cc1cn(C)c([C@@H]2CN(C(=O)c3ccnc(N4CCCC4)c3)CCO2)n1. The predicted molar refractivity (Wildman–Crippen MR) is 98.2 cm³/mol. The van der Waals surface area contributed by atoms with Crippen molar-refractivity contribution >= 4 is 11.7 Å². The molecule has 2 aliphatic heterocycles. The van der Waals surface area contributed by atoms with E-state index >= 15 is 0 Å². The minimum absolute atomic E-state index is 0.0343. The average molecular weight is 355 g/mol. The fourth-order valence-corrected chi connectivity index (χ4v) is 3.78. The molecular formula is C19H25N5O2. The van der Waals surface area contributed by atoms with E-state index < -0.39 is 0 Å². The third-order valence-corrected chi connectivity index (χ3v) is 5.10. The fraction of sp³-hybridized carbons (Fsp3) is 0.526. The molecule has 0 aromatic carbocycles. The molecular weight excluding hydrogens is 330 g/mol. The van der Waals surface area contributed by atoms with Crippen molar-refractivity contribution in [2.45, 2.75) is 25.9 Å². The Balaban J connectivity index is 1.51. The highest BCUT2D eigenvalue weighted by atomic mass is 16.5. The molecule has 2 aromatic rings. The van der Waals surface area contributed by atoms with Crippen LogP contribution in [0.4, 0.5) is 5.82 Å². The summed E-state index contributed by atoms with van der Waals surface area (Å²) in [6.45, 7) is 5.63. The quantitative estimate of drug-likeness (QED) is 0.842. The van der Waals surface area contributed by atoms with Crippen LogP contribution in [0, 0.1) is 6.92 Å². The highest BCUT2D eigenvalue weighted by Crippen LogP contribution is 2.24. The molecule has 138 valence electrons. The molecule has 0 unspecified atom stereocenters. The predicted octanol–water partition coefficient (Wildman–Crippen LogP) is 1.94. The molecule has 1 atom stereocenters. The number of nitrogens with zero attached hydrogens (tertiary/aromatic N) is 5. The second kappa shape index (κ2) is 7.07. The second-order valence-electron chi connectivity index (χ2n) is 7.06. The standard InChI is InChI=1S/C19H25N5O2/c1-14-12-22(2)18(21-14)16-13-24(9-10-26-16)19(25)15-5-6-20-17(11-15)23-7-3-4-8-23/h5-6,11-12,16H,3-4,7-10,13H2,1-2H3/t16-/m0/s1. The summed E-state index contributed by atoms with van der Waals surface area (Å²) in [6, 6.07) is 3.72. The summed E-state index contributed by atoms with van der Waals surface area (Å²) >= 11 is 0. The maximum absolute atomic E-state index is 13.0. The van der Waals surface area contributed by atoms with Crippen molar-refractivity contribution in [1.29, 1.82) is 0 Å². The van der Waals surface area contributed by atoms with Gasteiger partial charge in [0, 0.05) is 44.6 Å². The lowest BCUT2D eigenvalue weighted by Gasteiger charge is -2.32. The summed E-state index contributed by atoms with van der Waals surface area (Å²) in [6.07, 6.45) is 5.90. The molecule has 0 radical (unpaired) electrons. The van der Waals surface area contributed by atoms with Gasteiger partial charge in [0.1, 0.15) is 17.7 Å². The minimum Gasteiger partial charge on any atom is -0.367 e. The number of aryl methyl sites for hydroxylation is 2. The largest absolute Gasteiger partial charge is 0.367 e. The topological polar surface area (TPSA) is 63.5 Å². The van der Waals surface area contributed by atoms with Crippen LogP contribution in [0.5, 0.6) is 0 Å². The molecule has 1 amide bonds. The third kappa shape index (κ3) is 3.31.